The van der Waals surface area contributed by atoms with Crippen LogP contribution in [0.2, 0.25) is 5.15 Å². The molecular formula is C18H21ClN2O3. The number of aromatic nitrogens is 1. The van der Waals surface area contributed by atoms with Crippen molar-refractivity contribution >= 4 is 17.6 Å². The fraction of sp³-hybridized carbons (Fsp3) is 0.333. The summed E-state index contributed by atoms with van der Waals surface area (Å²) < 4.78 is 0. The summed E-state index contributed by atoms with van der Waals surface area (Å²) in [5.74, 6) is -0.479. The Balaban J connectivity index is 2.05. The van der Waals surface area contributed by atoms with Crippen molar-refractivity contribution < 1.29 is 14.7 Å². The molecule has 0 aliphatic rings. The van der Waals surface area contributed by atoms with Crippen LogP contribution < -0.4 is 5.48 Å². The lowest BCUT2D eigenvalue weighted by Crippen LogP contribution is -2.28. The van der Waals surface area contributed by atoms with Gasteiger partial charge in [-0.1, -0.05) is 49.2 Å². The Kier molecular flexibility index (Phi) is 7.18. The molecule has 0 saturated heterocycles. The van der Waals surface area contributed by atoms with Gasteiger partial charge < -0.3 is 9.94 Å². The SMILES string of the molecule is CCCC(O)CC(NOC(=O)c1ccccc1)c1ccc(Cl)nc1. The molecule has 128 valence electrons. The lowest BCUT2D eigenvalue weighted by Gasteiger charge is -2.21. The predicted molar refractivity (Wildman–Crippen MR) is 92.5 cm³/mol. The lowest BCUT2D eigenvalue weighted by atomic mass is 10.0. The number of nitrogens with one attached hydrogen (secondary N) is 1. The molecule has 0 amide bonds. The average molecular weight is 349 g/mol. The van der Waals surface area contributed by atoms with E-state index < -0.39 is 12.1 Å². The minimum absolute atomic E-state index is 0.371. The van der Waals surface area contributed by atoms with Crippen LogP contribution >= 0.6 is 11.6 Å². The second-order valence-corrected chi connectivity index (χ2v) is 5.91. The van der Waals surface area contributed by atoms with Gasteiger partial charge >= 0.3 is 5.97 Å². The Morgan fingerprint density at radius 2 is 2.04 bits per heavy atom. The van der Waals surface area contributed by atoms with E-state index in [-0.39, 0.29) is 6.04 Å². The van der Waals surface area contributed by atoms with Gasteiger partial charge in [0.15, 0.2) is 0 Å². The number of carbonyl (C=O) groups excluding carboxylic acids is 1. The van der Waals surface area contributed by atoms with Crippen molar-refractivity contribution in [2.45, 2.75) is 38.3 Å². The average Bonchev–Trinajstić information content (AvgIpc) is 2.60. The molecule has 2 rings (SSSR count). The Labute approximate surface area is 146 Å². The molecule has 0 bridgehead atoms. The highest BCUT2D eigenvalue weighted by molar-refractivity contribution is 6.29. The zero-order valence-corrected chi connectivity index (χ0v) is 14.2. The van der Waals surface area contributed by atoms with E-state index in [1.807, 2.05) is 13.0 Å². The number of hydroxylamine groups is 1. The molecule has 2 aromatic rings. The summed E-state index contributed by atoms with van der Waals surface area (Å²) in [5.41, 5.74) is 3.99. The van der Waals surface area contributed by atoms with Crippen molar-refractivity contribution in [1.82, 2.24) is 10.5 Å². The highest BCUT2D eigenvalue weighted by Gasteiger charge is 2.19. The highest BCUT2D eigenvalue weighted by atomic mass is 35.5. The van der Waals surface area contributed by atoms with Gasteiger partial charge in [-0.15, -0.1) is 5.48 Å². The van der Waals surface area contributed by atoms with Crippen LogP contribution in [0.5, 0.6) is 0 Å². The maximum Gasteiger partial charge on any atom is 0.356 e. The second kappa shape index (κ2) is 9.37. The van der Waals surface area contributed by atoms with Crippen LogP contribution in [-0.2, 0) is 4.84 Å². The van der Waals surface area contributed by atoms with Gasteiger partial charge in [0.05, 0.1) is 17.7 Å². The summed E-state index contributed by atoms with van der Waals surface area (Å²) in [6, 6.07) is 11.8. The van der Waals surface area contributed by atoms with Crippen molar-refractivity contribution in [3.05, 3.63) is 64.9 Å². The third-order valence-electron chi connectivity index (χ3n) is 3.59. The minimum Gasteiger partial charge on any atom is -0.393 e. The quantitative estimate of drug-likeness (QED) is 0.562. The van der Waals surface area contributed by atoms with E-state index in [1.165, 1.54) is 0 Å². The highest BCUT2D eigenvalue weighted by Crippen LogP contribution is 2.21. The summed E-state index contributed by atoms with van der Waals surface area (Å²) in [6.45, 7) is 2.00. The van der Waals surface area contributed by atoms with Gasteiger partial charge in [0.25, 0.3) is 0 Å². The van der Waals surface area contributed by atoms with E-state index in [0.29, 0.717) is 23.6 Å². The number of aliphatic hydroxyl groups excluding tert-OH is 1. The van der Waals surface area contributed by atoms with Crippen LogP contribution in [-0.4, -0.2) is 22.2 Å². The first kappa shape index (κ1) is 18.4. The number of benzene rings is 1. The molecule has 0 fully saturated rings. The van der Waals surface area contributed by atoms with Gasteiger partial charge in [-0.3, -0.25) is 0 Å². The number of aliphatic hydroxyl groups is 1. The standard InChI is InChI=1S/C18H21ClN2O3/c1-2-6-15(22)11-16(14-9-10-17(19)20-12-14)21-24-18(23)13-7-4-3-5-8-13/h3-5,7-10,12,15-16,21-22H,2,6,11H2,1H3. The van der Waals surface area contributed by atoms with Gasteiger partial charge in [0.2, 0.25) is 0 Å². The van der Waals surface area contributed by atoms with E-state index in [1.54, 1.807) is 42.6 Å². The third-order valence-corrected chi connectivity index (χ3v) is 3.81. The van der Waals surface area contributed by atoms with Gasteiger partial charge in [0.1, 0.15) is 5.15 Å². The third kappa shape index (κ3) is 5.60. The largest absolute Gasteiger partial charge is 0.393 e. The Hall–Kier alpha value is -1.95. The summed E-state index contributed by atoms with van der Waals surface area (Å²) in [6.07, 6.45) is 3.05. The second-order valence-electron chi connectivity index (χ2n) is 5.52. The normalized spacial score (nSPS) is 13.3. The Bertz CT molecular complexity index is 634. The molecule has 5 nitrogen and oxygen atoms in total. The first-order valence-electron chi connectivity index (χ1n) is 7.91. The van der Waals surface area contributed by atoms with Crippen LogP contribution in [0.4, 0.5) is 0 Å². The number of carbonyl (C=O) groups is 1. The monoisotopic (exact) mass is 348 g/mol. The number of pyridine rings is 1. The van der Waals surface area contributed by atoms with E-state index in [2.05, 4.69) is 10.5 Å². The van der Waals surface area contributed by atoms with E-state index in [9.17, 15) is 9.90 Å². The zero-order chi connectivity index (χ0) is 17.4. The molecular weight excluding hydrogens is 328 g/mol. The zero-order valence-electron chi connectivity index (χ0n) is 13.5. The number of nitrogens with zero attached hydrogens (tertiary/aromatic N) is 1. The molecule has 2 unspecified atom stereocenters. The lowest BCUT2D eigenvalue weighted by molar-refractivity contribution is 0.00745. The number of hydrogen-bond donors (Lipinski definition) is 2. The van der Waals surface area contributed by atoms with Crippen molar-refractivity contribution in [2.75, 3.05) is 0 Å². The first-order chi connectivity index (χ1) is 11.6. The summed E-state index contributed by atoms with van der Waals surface area (Å²) in [5, 5.41) is 10.5. The van der Waals surface area contributed by atoms with Gasteiger partial charge in [-0.25, -0.2) is 9.78 Å². The van der Waals surface area contributed by atoms with Crippen LogP contribution in [0.25, 0.3) is 0 Å². The molecule has 24 heavy (non-hydrogen) atoms. The molecule has 6 heteroatoms. The van der Waals surface area contributed by atoms with Crippen molar-refractivity contribution in [1.29, 1.82) is 0 Å². The topological polar surface area (TPSA) is 71.4 Å². The molecule has 2 N–H and O–H groups in total. The van der Waals surface area contributed by atoms with Crippen LogP contribution in [0.1, 0.15) is 48.1 Å². The summed E-state index contributed by atoms with van der Waals surface area (Å²) in [7, 11) is 0. The van der Waals surface area contributed by atoms with Gasteiger partial charge in [-0.2, -0.15) is 0 Å². The van der Waals surface area contributed by atoms with Crippen molar-refractivity contribution in [3.8, 4) is 0 Å². The summed E-state index contributed by atoms with van der Waals surface area (Å²) in [4.78, 5) is 21.3. The molecule has 0 aliphatic carbocycles. The van der Waals surface area contributed by atoms with Crippen molar-refractivity contribution in [2.24, 2.45) is 0 Å². The van der Waals surface area contributed by atoms with Crippen LogP contribution in [0, 0.1) is 0 Å². The molecule has 1 heterocycles. The number of halogens is 1. The van der Waals surface area contributed by atoms with E-state index in [0.717, 1.165) is 12.0 Å². The van der Waals surface area contributed by atoms with Crippen molar-refractivity contribution in [3.63, 3.8) is 0 Å². The number of hydrogen-bond acceptors (Lipinski definition) is 5. The fourth-order valence-corrected chi connectivity index (χ4v) is 2.44. The number of rotatable bonds is 8. The first-order valence-corrected chi connectivity index (χ1v) is 8.29. The Morgan fingerprint density at radius 3 is 2.67 bits per heavy atom. The van der Waals surface area contributed by atoms with E-state index >= 15 is 0 Å². The van der Waals surface area contributed by atoms with Crippen LogP contribution in [0.3, 0.4) is 0 Å². The molecule has 0 radical (unpaired) electrons. The molecule has 0 aliphatic heterocycles. The van der Waals surface area contributed by atoms with Crippen LogP contribution in [0.15, 0.2) is 48.7 Å². The predicted octanol–water partition coefficient (Wildman–Crippen LogP) is 3.69. The maximum atomic E-state index is 12.1. The molecule has 1 aromatic heterocycles. The minimum atomic E-state index is -0.501. The Morgan fingerprint density at radius 1 is 1.29 bits per heavy atom. The molecule has 2 atom stereocenters. The van der Waals surface area contributed by atoms with Gasteiger partial charge in [0, 0.05) is 6.20 Å². The molecule has 1 aromatic carbocycles. The maximum absolute atomic E-state index is 12.1. The summed E-state index contributed by atoms with van der Waals surface area (Å²) >= 11 is 5.81. The smallest absolute Gasteiger partial charge is 0.356 e. The molecule has 0 saturated carbocycles. The molecule has 0 spiro atoms. The fourth-order valence-electron chi connectivity index (χ4n) is 2.33. The van der Waals surface area contributed by atoms with Gasteiger partial charge in [-0.05, 0) is 36.6 Å². The van der Waals surface area contributed by atoms with E-state index in [4.69, 9.17) is 16.4 Å².